The van der Waals surface area contributed by atoms with Gasteiger partial charge in [0, 0.05) is 6.04 Å². The zero-order chi connectivity index (χ0) is 13.1. The van der Waals surface area contributed by atoms with Crippen molar-refractivity contribution in [3.63, 3.8) is 0 Å². The molecule has 1 aromatic carbocycles. The van der Waals surface area contributed by atoms with Gasteiger partial charge in [-0.2, -0.15) is 0 Å². The van der Waals surface area contributed by atoms with Gasteiger partial charge in [0.25, 0.3) is 0 Å². The van der Waals surface area contributed by atoms with Crippen LogP contribution in [0.1, 0.15) is 47.7 Å². The monoisotopic (exact) mass is 273 g/mol. The maximum Gasteiger partial charge on any atom is 0.0669 e. The maximum atomic E-state index is 4.00. The van der Waals surface area contributed by atoms with E-state index in [-0.39, 0.29) is 0 Å². The standard InChI is InChI=1S/C15H19N3S/c1-2-7-16-14(15-10-17-18-19-15)9-12-8-11-5-3-4-6-13(11)12/h3-6,10,12,14,16H,2,7-9H2,1H3. The SMILES string of the molecule is CCCNC(CC1Cc2ccccc21)c1cnns1. The van der Waals surface area contributed by atoms with Gasteiger partial charge in [0.15, 0.2) is 0 Å². The summed E-state index contributed by atoms with van der Waals surface area (Å²) < 4.78 is 4.00. The second-order valence-electron chi connectivity index (χ2n) is 5.16. The van der Waals surface area contributed by atoms with Gasteiger partial charge in [0.1, 0.15) is 0 Å². The quantitative estimate of drug-likeness (QED) is 0.877. The highest BCUT2D eigenvalue weighted by Gasteiger charge is 2.29. The molecule has 3 nitrogen and oxygen atoms in total. The number of aromatic nitrogens is 2. The highest BCUT2D eigenvalue weighted by Crippen LogP contribution is 2.40. The summed E-state index contributed by atoms with van der Waals surface area (Å²) in [4.78, 5) is 1.26. The number of benzene rings is 1. The molecule has 100 valence electrons. The van der Waals surface area contributed by atoms with Gasteiger partial charge in [-0.3, -0.25) is 0 Å². The van der Waals surface area contributed by atoms with Crippen LogP contribution in [0.4, 0.5) is 0 Å². The normalized spacial score (nSPS) is 18.7. The molecular formula is C15H19N3S. The predicted molar refractivity (Wildman–Crippen MR) is 78.4 cm³/mol. The fourth-order valence-electron chi connectivity index (χ4n) is 2.80. The van der Waals surface area contributed by atoms with E-state index in [1.807, 2.05) is 6.20 Å². The van der Waals surface area contributed by atoms with Crippen LogP contribution in [0.2, 0.25) is 0 Å². The Morgan fingerprint density at radius 2 is 2.32 bits per heavy atom. The second kappa shape index (κ2) is 5.80. The molecule has 1 aliphatic rings. The van der Waals surface area contributed by atoms with E-state index in [1.54, 1.807) is 0 Å². The average Bonchev–Trinajstić information content (AvgIpc) is 2.93. The zero-order valence-corrected chi connectivity index (χ0v) is 12.0. The van der Waals surface area contributed by atoms with Crippen molar-refractivity contribution in [1.82, 2.24) is 14.9 Å². The molecule has 0 amide bonds. The Kier molecular flexibility index (Phi) is 3.89. The lowest BCUT2D eigenvalue weighted by Gasteiger charge is -2.33. The van der Waals surface area contributed by atoms with E-state index in [1.165, 1.54) is 34.0 Å². The van der Waals surface area contributed by atoms with E-state index >= 15 is 0 Å². The minimum atomic E-state index is 0.401. The molecule has 2 unspecified atom stereocenters. The molecule has 0 spiro atoms. The van der Waals surface area contributed by atoms with E-state index in [4.69, 9.17) is 0 Å². The van der Waals surface area contributed by atoms with E-state index in [2.05, 4.69) is 46.1 Å². The van der Waals surface area contributed by atoms with Gasteiger partial charge >= 0.3 is 0 Å². The Hall–Kier alpha value is -1.26. The number of rotatable bonds is 6. The fourth-order valence-corrected chi connectivity index (χ4v) is 3.39. The maximum absolute atomic E-state index is 4.00. The Morgan fingerprint density at radius 3 is 3.05 bits per heavy atom. The second-order valence-corrected chi connectivity index (χ2v) is 5.98. The predicted octanol–water partition coefficient (Wildman–Crippen LogP) is 3.31. The van der Waals surface area contributed by atoms with Gasteiger partial charge in [-0.15, -0.1) is 5.10 Å². The van der Waals surface area contributed by atoms with E-state index in [0.717, 1.165) is 19.4 Å². The topological polar surface area (TPSA) is 37.8 Å². The van der Waals surface area contributed by atoms with Crippen molar-refractivity contribution in [3.05, 3.63) is 46.5 Å². The zero-order valence-electron chi connectivity index (χ0n) is 11.2. The first-order valence-electron chi connectivity index (χ1n) is 6.97. The molecule has 0 aliphatic heterocycles. The highest BCUT2D eigenvalue weighted by molar-refractivity contribution is 7.05. The van der Waals surface area contributed by atoms with E-state index in [9.17, 15) is 0 Å². The summed E-state index contributed by atoms with van der Waals surface area (Å²) in [5.74, 6) is 0.688. The van der Waals surface area contributed by atoms with Gasteiger partial charge in [0.2, 0.25) is 0 Å². The molecule has 0 bridgehead atoms. The van der Waals surface area contributed by atoms with Crippen LogP contribution in [0.5, 0.6) is 0 Å². The number of hydrogen-bond donors (Lipinski definition) is 1. The third kappa shape index (κ3) is 2.69. The molecule has 0 saturated heterocycles. The van der Waals surface area contributed by atoms with Gasteiger partial charge in [-0.05, 0) is 54.4 Å². The largest absolute Gasteiger partial charge is 0.309 e. The molecule has 2 aromatic rings. The van der Waals surface area contributed by atoms with Crippen molar-refractivity contribution in [2.45, 2.75) is 38.1 Å². The molecule has 2 atom stereocenters. The van der Waals surface area contributed by atoms with Gasteiger partial charge < -0.3 is 5.32 Å². The van der Waals surface area contributed by atoms with Gasteiger partial charge in [-0.25, -0.2) is 0 Å². The third-order valence-electron chi connectivity index (χ3n) is 3.84. The molecule has 19 heavy (non-hydrogen) atoms. The Labute approximate surface area is 118 Å². The number of nitrogens with one attached hydrogen (secondary N) is 1. The molecule has 1 N–H and O–H groups in total. The summed E-state index contributed by atoms with van der Waals surface area (Å²) >= 11 is 1.52. The molecule has 1 aliphatic carbocycles. The smallest absolute Gasteiger partial charge is 0.0669 e. The molecule has 0 saturated carbocycles. The molecule has 1 heterocycles. The van der Waals surface area contributed by atoms with Crippen molar-refractivity contribution >= 4 is 11.5 Å². The lowest BCUT2D eigenvalue weighted by Crippen LogP contribution is -2.27. The van der Waals surface area contributed by atoms with Crippen molar-refractivity contribution in [1.29, 1.82) is 0 Å². The summed E-state index contributed by atoms with van der Waals surface area (Å²) in [6.07, 6.45) is 5.43. The summed E-state index contributed by atoms with van der Waals surface area (Å²) in [6.45, 7) is 3.25. The Balaban J connectivity index is 1.69. The van der Waals surface area contributed by atoms with Crippen LogP contribution in [0, 0.1) is 0 Å². The Bertz CT molecular complexity index is 524. The molecular weight excluding hydrogens is 254 g/mol. The van der Waals surface area contributed by atoms with Gasteiger partial charge in [-0.1, -0.05) is 35.7 Å². The van der Waals surface area contributed by atoms with Crippen molar-refractivity contribution in [2.24, 2.45) is 0 Å². The van der Waals surface area contributed by atoms with Crippen LogP contribution in [0.3, 0.4) is 0 Å². The van der Waals surface area contributed by atoms with Crippen LogP contribution in [0.15, 0.2) is 30.5 Å². The number of fused-ring (bicyclic) bond motifs is 1. The number of nitrogens with zero attached hydrogens (tertiary/aromatic N) is 2. The summed E-state index contributed by atoms with van der Waals surface area (Å²) in [5.41, 5.74) is 3.05. The first-order valence-corrected chi connectivity index (χ1v) is 7.74. The lowest BCUT2D eigenvalue weighted by atomic mass is 9.74. The van der Waals surface area contributed by atoms with Gasteiger partial charge in [0.05, 0.1) is 11.1 Å². The highest BCUT2D eigenvalue weighted by atomic mass is 32.1. The Morgan fingerprint density at radius 1 is 1.42 bits per heavy atom. The minimum absolute atomic E-state index is 0.401. The van der Waals surface area contributed by atoms with E-state index < -0.39 is 0 Å². The molecule has 4 heteroatoms. The van der Waals surface area contributed by atoms with E-state index in [0.29, 0.717) is 12.0 Å². The number of hydrogen-bond acceptors (Lipinski definition) is 4. The first-order chi connectivity index (χ1) is 9.38. The van der Waals surface area contributed by atoms with Crippen molar-refractivity contribution in [3.8, 4) is 0 Å². The minimum Gasteiger partial charge on any atom is -0.309 e. The van der Waals surface area contributed by atoms with Crippen LogP contribution >= 0.6 is 11.5 Å². The fraction of sp³-hybridized carbons (Fsp3) is 0.467. The van der Waals surface area contributed by atoms with Crippen LogP contribution in [-0.4, -0.2) is 16.1 Å². The first kappa shape index (κ1) is 12.8. The van der Waals surface area contributed by atoms with Crippen LogP contribution in [0.25, 0.3) is 0 Å². The lowest BCUT2D eigenvalue weighted by molar-refractivity contribution is 0.432. The third-order valence-corrected chi connectivity index (χ3v) is 4.62. The van der Waals surface area contributed by atoms with Crippen LogP contribution in [-0.2, 0) is 6.42 Å². The average molecular weight is 273 g/mol. The van der Waals surface area contributed by atoms with Crippen molar-refractivity contribution < 1.29 is 0 Å². The van der Waals surface area contributed by atoms with Crippen molar-refractivity contribution in [2.75, 3.05) is 6.54 Å². The molecule has 1 aromatic heterocycles. The summed E-state index contributed by atoms with van der Waals surface area (Å²) in [7, 11) is 0. The summed E-state index contributed by atoms with van der Waals surface area (Å²) in [5, 5.41) is 7.61. The van der Waals surface area contributed by atoms with Crippen LogP contribution < -0.4 is 5.32 Å². The molecule has 0 radical (unpaired) electrons. The molecule has 3 rings (SSSR count). The summed E-state index contributed by atoms with van der Waals surface area (Å²) in [6, 6.07) is 9.20. The molecule has 0 fully saturated rings.